The van der Waals surface area contributed by atoms with Crippen molar-refractivity contribution in [1.29, 1.82) is 0 Å². The van der Waals surface area contributed by atoms with Gasteiger partial charge >= 0.3 is 0 Å². The second-order valence-electron chi connectivity index (χ2n) is 6.14. The van der Waals surface area contributed by atoms with Gasteiger partial charge in [0, 0.05) is 12.5 Å². The van der Waals surface area contributed by atoms with Crippen LogP contribution in [0.5, 0.6) is 0 Å². The highest BCUT2D eigenvalue weighted by Crippen LogP contribution is 2.46. The molecule has 0 saturated carbocycles. The second-order valence-corrected chi connectivity index (χ2v) is 6.14. The van der Waals surface area contributed by atoms with Gasteiger partial charge in [0.2, 0.25) is 0 Å². The van der Waals surface area contributed by atoms with Crippen LogP contribution in [0.4, 0.5) is 0 Å². The predicted octanol–water partition coefficient (Wildman–Crippen LogP) is 5.77. The minimum absolute atomic E-state index is 0.167. The van der Waals surface area contributed by atoms with E-state index in [1.165, 1.54) is 11.1 Å². The first-order valence-corrected chi connectivity index (χ1v) is 7.85. The Morgan fingerprint density at radius 1 is 1.14 bits per heavy atom. The molecule has 2 unspecified atom stereocenters. The number of allylic oxidation sites excluding steroid dienone is 3. The van der Waals surface area contributed by atoms with Crippen molar-refractivity contribution in [3.05, 3.63) is 59.8 Å². The molecule has 0 amide bonds. The molecule has 0 aliphatic heterocycles. The van der Waals surface area contributed by atoms with Crippen LogP contribution in [0.15, 0.2) is 59.8 Å². The lowest BCUT2D eigenvalue weighted by molar-refractivity contribution is -0.0376. The molecule has 0 radical (unpaired) electrons. The number of hydrogen-bond donors (Lipinski definition) is 0. The van der Waals surface area contributed by atoms with Crippen LogP contribution in [0, 0.1) is 5.92 Å². The third-order valence-electron chi connectivity index (χ3n) is 4.11. The van der Waals surface area contributed by atoms with Gasteiger partial charge in [-0.05, 0) is 51.3 Å². The Bertz CT molecular complexity index is 496. The molecule has 21 heavy (non-hydrogen) atoms. The summed E-state index contributed by atoms with van der Waals surface area (Å²) in [6, 6.07) is 0. The van der Waals surface area contributed by atoms with Crippen LogP contribution in [0.25, 0.3) is 0 Å². The molecule has 116 valence electrons. The summed E-state index contributed by atoms with van der Waals surface area (Å²) in [6.07, 6.45) is 6.50. The maximum absolute atomic E-state index is 6.32. The minimum Gasteiger partial charge on any atom is -0.370 e. The molecule has 0 saturated heterocycles. The summed E-state index contributed by atoms with van der Waals surface area (Å²) in [7, 11) is 0. The Labute approximate surface area is 130 Å². The van der Waals surface area contributed by atoms with Crippen LogP contribution < -0.4 is 0 Å². The molecule has 0 N–H and O–H groups in total. The van der Waals surface area contributed by atoms with E-state index < -0.39 is 0 Å². The molecule has 0 heterocycles. The van der Waals surface area contributed by atoms with Crippen molar-refractivity contribution in [3.63, 3.8) is 0 Å². The molecule has 0 aromatic heterocycles. The third-order valence-corrected chi connectivity index (χ3v) is 4.11. The average molecular weight is 286 g/mol. The topological polar surface area (TPSA) is 9.23 Å². The van der Waals surface area contributed by atoms with Crippen LogP contribution in [-0.4, -0.2) is 12.2 Å². The number of ether oxygens (including phenoxy) is 1. The van der Waals surface area contributed by atoms with E-state index >= 15 is 0 Å². The average Bonchev–Trinajstić information content (AvgIpc) is 2.38. The van der Waals surface area contributed by atoms with E-state index in [-0.39, 0.29) is 11.5 Å². The molecule has 2 atom stereocenters. The van der Waals surface area contributed by atoms with Gasteiger partial charge in [-0.15, -0.1) is 0 Å². The van der Waals surface area contributed by atoms with Crippen molar-refractivity contribution in [1.82, 2.24) is 0 Å². The van der Waals surface area contributed by atoms with Crippen LogP contribution in [-0.2, 0) is 4.74 Å². The summed E-state index contributed by atoms with van der Waals surface area (Å²) >= 11 is 0. The quantitative estimate of drug-likeness (QED) is 0.540. The van der Waals surface area contributed by atoms with E-state index in [1.807, 2.05) is 6.92 Å². The van der Waals surface area contributed by atoms with E-state index in [0.717, 1.165) is 29.6 Å². The highest BCUT2D eigenvalue weighted by Gasteiger charge is 2.44. The van der Waals surface area contributed by atoms with E-state index in [9.17, 15) is 0 Å². The van der Waals surface area contributed by atoms with Gasteiger partial charge in [-0.2, -0.15) is 0 Å². The third kappa shape index (κ3) is 3.47. The summed E-state index contributed by atoms with van der Waals surface area (Å²) in [6.45, 7) is 23.6. The van der Waals surface area contributed by atoms with Crippen LogP contribution in [0.3, 0.4) is 0 Å². The molecule has 0 spiro atoms. The highest BCUT2D eigenvalue weighted by molar-refractivity contribution is 5.53. The molecule has 1 aliphatic rings. The fourth-order valence-electron chi connectivity index (χ4n) is 3.26. The Balaban J connectivity index is 3.54. The fourth-order valence-corrected chi connectivity index (χ4v) is 3.26. The summed E-state index contributed by atoms with van der Waals surface area (Å²) < 4.78 is 6.32. The standard InChI is InChI=1S/C20H30O/c1-9-11-20(21-10-2)18(15(5)6)12-17(14(3)4)13-19(20)16(7)8/h12-13,18H,3,5,7,9-11H2,1-2,4,6,8H3. The Morgan fingerprint density at radius 3 is 2.14 bits per heavy atom. The van der Waals surface area contributed by atoms with Gasteiger partial charge in [-0.1, -0.05) is 55.9 Å². The van der Waals surface area contributed by atoms with Crippen LogP contribution >= 0.6 is 0 Å². The first-order chi connectivity index (χ1) is 9.80. The van der Waals surface area contributed by atoms with E-state index in [2.05, 4.69) is 59.6 Å². The lowest BCUT2D eigenvalue weighted by Crippen LogP contribution is -2.44. The zero-order valence-corrected chi connectivity index (χ0v) is 14.4. The van der Waals surface area contributed by atoms with Gasteiger partial charge in [0.05, 0.1) is 0 Å². The summed E-state index contributed by atoms with van der Waals surface area (Å²) in [5.41, 5.74) is 5.30. The zero-order valence-electron chi connectivity index (χ0n) is 14.4. The minimum atomic E-state index is -0.333. The molecule has 0 aromatic carbocycles. The molecule has 0 fully saturated rings. The van der Waals surface area contributed by atoms with E-state index in [1.54, 1.807) is 0 Å². The lowest BCUT2D eigenvalue weighted by atomic mass is 9.68. The molecule has 1 aliphatic carbocycles. The highest BCUT2D eigenvalue weighted by atomic mass is 16.5. The monoisotopic (exact) mass is 286 g/mol. The molecular weight excluding hydrogens is 256 g/mol. The van der Waals surface area contributed by atoms with Crippen molar-refractivity contribution >= 4 is 0 Å². The van der Waals surface area contributed by atoms with Gasteiger partial charge in [-0.3, -0.25) is 0 Å². The maximum Gasteiger partial charge on any atom is 0.103 e. The van der Waals surface area contributed by atoms with Crippen LogP contribution in [0.1, 0.15) is 47.5 Å². The summed E-state index contributed by atoms with van der Waals surface area (Å²) in [5.74, 6) is 0.167. The smallest absolute Gasteiger partial charge is 0.103 e. The van der Waals surface area contributed by atoms with Crippen molar-refractivity contribution in [3.8, 4) is 0 Å². The SMILES string of the molecule is C=C(C)C1=CC(C(=C)C)C(CCC)(OCC)C(C(=C)C)=C1. The fraction of sp³-hybridized carbons (Fsp3) is 0.500. The van der Waals surface area contributed by atoms with Crippen molar-refractivity contribution in [2.45, 2.75) is 53.1 Å². The van der Waals surface area contributed by atoms with Gasteiger partial charge in [0.1, 0.15) is 5.60 Å². The normalized spacial score (nSPS) is 25.1. The van der Waals surface area contributed by atoms with E-state index in [0.29, 0.717) is 6.61 Å². The predicted molar refractivity (Wildman–Crippen MR) is 93.4 cm³/mol. The Hall–Kier alpha value is -1.34. The van der Waals surface area contributed by atoms with Crippen molar-refractivity contribution in [2.24, 2.45) is 5.92 Å². The largest absolute Gasteiger partial charge is 0.370 e. The first kappa shape index (κ1) is 17.7. The van der Waals surface area contributed by atoms with Crippen molar-refractivity contribution in [2.75, 3.05) is 6.61 Å². The van der Waals surface area contributed by atoms with Gasteiger partial charge in [0.25, 0.3) is 0 Å². The molecule has 1 nitrogen and oxygen atoms in total. The lowest BCUT2D eigenvalue weighted by Gasteiger charge is -2.45. The van der Waals surface area contributed by atoms with Gasteiger partial charge < -0.3 is 4.74 Å². The molecule has 0 aromatic rings. The summed E-state index contributed by atoms with van der Waals surface area (Å²) in [4.78, 5) is 0. The summed E-state index contributed by atoms with van der Waals surface area (Å²) in [5, 5.41) is 0. The second kappa shape index (κ2) is 7.09. The van der Waals surface area contributed by atoms with Crippen LogP contribution in [0.2, 0.25) is 0 Å². The zero-order chi connectivity index (χ0) is 16.2. The molecular formula is C20H30O. The number of rotatable bonds is 7. The Kier molecular flexibility index (Phi) is 5.98. The molecule has 1 rings (SSSR count). The van der Waals surface area contributed by atoms with Crippen molar-refractivity contribution < 1.29 is 4.74 Å². The molecule has 0 bridgehead atoms. The van der Waals surface area contributed by atoms with Gasteiger partial charge in [-0.25, -0.2) is 0 Å². The molecule has 1 heteroatoms. The number of hydrogen-bond acceptors (Lipinski definition) is 1. The van der Waals surface area contributed by atoms with Gasteiger partial charge in [0.15, 0.2) is 0 Å². The first-order valence-electron chi connectivity index (χ1n) is 7.85. The Morgan fingerprint density at radius 2 is 1.76 bits per heavy atom. The van der Waals surface area contributed by atoms with E-state index in [4.69, 9.17) is 4.74 Å². The maximum atomic E-state index is 6.32.